The zero-order valence-electron chi connectivity index (χ0n) is 17.5. The number of benzene rings is 1. The molecule has 3 N–H and O–H groups in total. The molecule has 1 fully saturated rings. The van der Waals surface area contributed by atoms with E-state index in [0.29, 0.717) is 49.3 Å². The zero-order chi connectivity index (χ0) is 21.3. The van der Waals surface area contributed by atoms with Gasteiger partial charge in [-0.15, -0.1) is 0 Å². The highest BCUT2D eigenvalue weighted by Gasteiger charge is 2.14. The Labute approximate surface area is 175 Å². The molecule has 0 saturated carbocycles. The van der Waals surface area contributed by atoms with Crippen LogP contribution in [0.3, 0.4) is 0 Å². The van der Waals surface area contributed by atoms with Crippen LogP contribution in [0, 0.1) is 6.92 Å². The molecule has 30 heavy (non-hydrogen) atoms. The number of nitrogens with one attached hydrogen (secondary N) is 3. The van der Waals surface area contributed by atoms with Crippen LogP contribution < -0.4 is 30.3 Å². The summed E-state index contributed by atoms with van der Waals surface area (Å²) in [6.45, 7) is 5.83. The van der Waals surface area contributed by atoms with Crippen LogP contribution in [-0.2, 0) is 4.74 Å². The number of methoxy groups -OCH3 is 2. The second-order valence-corrected chi connectivity index (χ2v) is 6.67. The molecule has 2 amide bonds. The number of nitrogens with zero attached hydrogens (tertiary/aromatic N) is 3. The van der Waals surface area contributed by atoms with Crippen molar-refractivity contribution in [3.8, 4) is 11.5 Å². The van der Waals surface area contributed by atoms with Crippen LogP contribution in [0.5, 0.6) is 11.5 Å². The number of morpholine rings is 1. The van der Waals surface area contributed by atoms with Gasteiger partial charge in [-0.2, -0.15) is 0 Å². The summed E-state index contributed by atoms with van der Waals surface area (Å²) in [5.74, 6) is 3.50. The maximum absolute atomic E-state index is 12.2. The smallest absolute Gasteiger partial charge is 0.319 e. The maximum Gasteiger partial charge on any atom is 0.319 e. The molecule has 162 valence electrons. The summed E-state index contributed by atoms with van der Waals surface area (Å²) in [7, 11) is 3.12. The minimum atomic E-state index is -0.319. The summed E-state index contributed by atoms with van der Waals surface area (Å²) < 4.78 is 15.8. The van der Waals surface area contributed by atoms with Gasteiger partial charge < -0.3 is 35.1 Å². The van der Waals surface area contributed by atoms with E-state index in [0.717, 1.165) is 24.7 Å². The first-order chi connectivity index (χ1) is 14.6. The Bertz CT molecular complexity index is 835. The SMILES string of the molecule is COc1cc(NC(=O)NCCNc2cc(N3CCOCC3)nc(C)n2)cc(OC)c1. The van der Waals surface area contributed by atoms with Crippen LogP contribution in [0.25, 0.3) is 0 Å². The molecule has 3 rings (SSSR count). The fourth-order valence-corrected chi connectivity index (χ4v) is 3.02. The molecule has 0 atom stereocenters. The van der Waals surface area contributed by atoms with Crippen LogP contribution in [0.4, 0.5) is 22.1 Å². The van der Waals surface area contributed by atoms with Gasteiger partial charge in [-0.05, 0) is 6.92 Å². The minimum Gasteiger partial charge on any atom is -0.497 e. The molecule has 0 bridgehead atoms. The molecule has 10 heteroatoms. The zero-order valence-corrected chi connectivity index (χ0v) is 17.5. The molecule has 2 heterocycles. The molecule has 1 aliphatic heterocycles. The molecule has 1 saturated heterocycles. The van der Waals surface area contributed by atoms with E-state index < -0.39 is 0 Å². The minimum absolute atomic E-state index is 0.319. The highest BCUT2D eigenvalue weighted by atomic mass is 16.5. The summed E-state index contributed by atoms with van der Waals surface area (Å²) in [5, 5.41) is 8.80. The standard InChI is InChI=1S/C20H28N6O4/c1-14-23-18(13-19(24-14)26-6-8-30-9-7-26)21-4-5-22-20(27)25-15-10-16(28-2)12-17(11-15)29-3/h10-13H,4-9H2,1-3H3,(H,21,23,24)(H2,22,25,27). The summed E-state index contributed by atoms with van der Waals surface area (Å²) in [5.41, 5.74) is 0.582. The average Bonchev–Trinajstić information content (AvgIpc) is 2.76. The Morgan fingerprint density at radius 2 is 1.77 bits per heavy atom. The van der Waals surface area contributed by atoms with E-state index in [-0.39, 0.29) is 6.03 Å². The van der Waals surface area contributed by atoms with Crippen molar-refractivity contribution in [2.24, 2.45) is 0 Å². The Balaban J connectivity index is 1.48. The van der Waals surface area contributed by atoms with Crippen molar-refractivity contribution >= 4 is 23.4 Å². The molecule has 0 radical (unpaired) electrons. The van der Waals surface area contributed by atoms with Crippen molar-refractivity contribution in [1.82, 2.24) is 15.3 Å². The maximum atomic E-state index is 12.2. The van der Waals surface area contributed by atoms with Gasteiger partial charge in [0.15, 0.2) is 0 Å². The lowest BCUT2D eigenvalue weighted by Crippen LogP contribution is -2.37. The van der Waals surface area contributed by atoms with Gasteiger partial charge in [0, 0.05) is 56.1 Å². The molecule has 1 aromatic carbocycles. The van der Waals surface area contributed by atoms with Gasteiger partial charge in [0.1, 0.15) is 29.0 Å². The lowest BCUT2D eigenvalue weighted by molar-refractivity contribution is 0.122. The van der Waals surface area contributed by atoms with Crippen molar-refractivity contribution in [3.05, 3.63) is 30.1 Å². The Kier molecular flexibility index (Phi) is 7.50. The summed E-state index contributed by atoms with van der Waals surface area (Å²) in [4.78, 5) is 23.3. The van der Waals surface area contributed by atoms with Gasteiger partial charge >= 0.3 is 6.03 Å². The molecule has 0 unspecified atom stereocenters. The molecule has 1 aliphatic rings. The van der Waals surface area contributed by atoms with Gasteiger partial charge in [0.25, 0.3) is 0 Å². The second-order valence-electron chi connectivity index (χ2n) is 6.67. The fraction of sp³-hybridized carbons (Fsp3) is 0.450. The number of hydrogen-bond donors (Lipinski definition) is 3. The molecule has 0 spiro atoms. The third-order valence-electron chi connectivity index (χ3n) is 4.49. The predicted octanol–water partition coefficient (Wildman–Crippen LogP) is 1.87. The number of ether oxygens (including phenoxy) is 3. The summed E-state index contributed by atoms with van der Waals surface area (Å²) in [6, 6.07) is 6.77. The quantitative estimate of drug-likeness (QED) is 0.560. The Morgan fingerprint density at radius 1 is 1.07 bits per heavy atom. The van der Waals surface area contributed by atoms with Gasteiger partial charge in [0.2, 0.25) is 0 Å². The third kappa shape index (κ3) is 6.11. The molecular formula is C20H28N6O4. The van der Waals surface area contributed by atoms with E-state index in [1.807, 2.05) is 13.0 Å². The Morgan fingerprint density at radius 3 is 2.43 bits per heavy atom. The number of amides is 2. The van der Waals surface area contributed by atoms with E-state index in [1.165, 1.54) is 0 Å². The second kappa shape index (κ2) is 10.5. The largest absolute Gasteiger partial charge is 0.497 e. The van der Waals surface area contributed by atoms with Crippen molar-refractivity contribution < 1.29 is 19.0 Å². The van der Waals surface area contributed by atoms with Crippen molar-refractivity contribution in [1.29, 1.82) is 0 Å². The first-order valence-corrected chi connectivity index (χ1v) is 9.77. The first-order valence-electron chi connectivity index (χ1n) is 9.77. The number of anilines is 3. The van der Waals surface area contributed by atoms with E-state index >= 15 is 0 Å². The molecule has 0 aliphatic carbocycles. The number of carbonyl (C=O) groups is 1. The summed E-state index contributed by atoms with van der Waals surface area (Å²) in [6.07, 6.45) is 0. The number of carbonyl (C=O) groups excluding carboxylic acids is 1. The van der Waals surface area contributed by atoms with Gasteiger partial charge in [-0.1, -0.05) is 0 Å². The Hall–Kier alpha value is -3.27. The average molecular weight is 416 g/mol. The first kappa shape index (κ1) is 21.4. The van der Waals surface area contributed by atoms with Crippen LogP contribution in [0.1, 0.15) is 5.82 Å². The van der Waals surface area contributed by atoms with Crippen molar-refractivity contribution in [3.63, 3.8) is 0 Å². The molecule has 1 aromatic heterocycles. The van der Waals surface area contributed by atoms with Gasteiger partial charge in [-0.3, -0.25) is 0 Å². The van der Waals surface area contributed by atoms with E-state index in [4.69, 9.17) is 14.2 Å². The van der Waals surface area contributed by atoms with Crippen LogP contribution in [0.2, 0.25) is 0 Å². The van der Waals surface area contributed by atoms with Crippen molar-refractivity contribution in [2.45, 2.75) is 6.92 Å². The van der Waals surface area contributed by atoms with Gasteiger partial charge in [0.05, 0.1) is 27.4 Å². The molecule has 10 nitrogen and oxygen atoms in total. The predicted molar refractivity (Wildman–Crippen MR) is 115 cm³/mol. The summed E-state index contributed by atoms with van der Waals surface area (Å²) >= 11 is 0. The van der Waals surface area contributed by atoms with Crippen LogP contribution in [-0.4, -0.2) is 69.6 Å². The highest BCUT2D eigenvalue weighted by Crippen LogP contribution is 2.25. The lowest BCUT2D eigenvalue weighted by Gasteiger charge is -2.28. The lowest BCUT2D eigenvalue weighted by atomic mass is 10.3. The van der Waals surface area contributed by atoms with Gasteiger partial charge in [-0.25, -0.2) is 14.8 Å². The molecule has 2 aromatic rings. The molecular weight excluding hydrogens is 388 g/mol. The third-order valence-corrected chi connectivity index (χ3v) is 4.49. The van der Waals surface area contributed by atoms with E-state index in [2.05, 4.69) is 30.8 Å². The normalized spacial score (nSPS) is 13.5. The van der Waals surface area contributed by atoms with Crippen LogP contribution >= 0.6 is 0 Å². The number of aromatic nitrogens is 2. The number of aryl methyl sites for hydroxylation is 1. The van der Waals surface area contributed by atoms with E-state index in [9.17, 15) is 4.79 Å². The number of urea groups is 1. The fourth-order valence-electron chi connectivity index (χ4n) is 3.02. The topological polar surface area (TPSA) is 110 Å². The number of hydrogen-bond acceptors (Lipinski definition) is 8. The van der Waals surface area contributed by atoms with Crippen molar-refractivity contribution in [2.75, 3.05) is 69.1 Å². The number of rotatable bonds is 8. The highest BCUT2D eigenvalue weighted by molar-refractivity contribution is 5.89. The van der Waals surface area contributed by atoms with E-state index in [1.54, 1.807) is 32.4 Å². The van der Waals surface area contributed by atoms with Crippen LogP contribution in [0.15, 0.2) is 24.3 Å². The monoisotopic (exact) mass is 416 g/mol.